The van der Waals surface area contributed by atoms with Crippen molar-refractivity contribution in [2.24, 2.45) is 0 Å². The van der Waals surface area contributed by atoms with Crippen LogP contribution < -0.4 is 0 Å². The summed E-state index contributed by atoms with van der Waals surface area (Å²) < 4.78 is 9.85. The van der Waals surface area contributed by atoms with Gasteiger partial charge in [0.25, 0.3) is 0 Å². The van der Waals surface area contributed by atoms with Crippen molar-refractivity contribution in [1.29, 1.82) is 0 Å². The third-order valence-electron chi connectivity index (χ3n) is 2.47. The zero-order chi connectivity index (χ0) is 14.1. The third-order valence-corrected chi connectivity index (χ3v) is 2.74. The van der Waals surface area contributed by atoms with Crippen LogP contribution in [0.1, 0.15) is 17.4 Å². The van der Waals surface area contributed by atoms with E-state index in [1.807, 2.05) is 0 Å². The van der Waals surface area contributed by atoms with E-state index in [2.05, 4.69) is 25.3 Å². The minimum atomic E-state index is -0.571. The summed E-state index contributed by atoms with van der Waals surface area (Å²) in [6.45, 7) is 1.96. The fourth-order valence-electron chi connectivity index (χ4n) is 1.60. The fraction of sp³-hybridized carbons (Fsp3) is 0.182. The van der Waals surface area contributed by atoms with Gasteiger partial charge in [-0.2, -0.15) is 5.10 Å². The number of rotatable bonds is 3. The van der Waals surface area contributed by atoms with E-state index in [0.29, 0.717) is 11.0 Å². The summed E-state index contributed by atoms with van der Waals surface area (Å²) in [5, 5.41) is 10.3. The number of hydrogen-bond donors (Lipinski definition) is 1. The molecule has 0 saturated carbocycles. The fourth-order valence-corrected chi connectivity index (χ4v) is 1.82. The molecule has 20 heavy (non-hydrogen) atoms. The van der Waals surface area contributed by atoms with Gasteiger partial charge in [0, 0.05) is 6.07 Å². The molecule has 102 valence electrons. The molecule has 0 aliphatic rings. The number of hydrogen-bond acceptors (Lipinski definition) is 7. The summed E-state index contributed by atoms with van der Waals surface area (Å²) in [5.74, 6) is -0.136. The number of esters is 1. The normalized spacial score (nSPS) is 10.9. The lowest BCUT2D eigenvalue weighted by Gasteiger charge is -1.96. The van der Waals surface area contributed by atoms with Crippen LogP contribution in [0.25, 0.3) is 22.6 Å². The number of carbonyl (C=O) groups excluding carboxylic acids is 1. The predicted octanol–water partition coefficient (Wildman–Crippen LogP) is 1.84. The van der Waals surface area contributed by atoms with E-state index in [1.165, 1.54) is 12.3 Å². The van der Waals surface area contributed by atoms with Crippen molar-refractivity contribution in [3.05, 3.63) is 23.1 Å². The van der Waals surface area contributed by atoms with E-state index in [4.69, 9.17) is 20.9 Å². The lowest BCUT2D eigenvalue weighted by atomic mass is 10.3. The first-order chi connectivity index (χ1) is 9.69. The Hall–Kier alpha value is -2.48. The lowest BCUT2D eigenvalue weighted by Crippen LogP contribution is -2.04. The van der Waals surface area contributed by atoms with Crippen molar-refractivity contribution in [3.8, 4) is 11.6 Å². The molecule has 0 atom stereocenters. The number of fused-ring (bicyclic) bond motifs is 1. The number of aromatic amines is 1. The zero-order valence-electron chi connectivity index (χ0n) is 10.3. The molecule has 0 unspecified atom stereocenters. The van der Waals surface area contributed by atoms with Crippen molar-refractivity contribution in [2.75, 3.05) is 6.61 Å². The molecule has 0 aromatic carbocycles. The molecule has 0 saturated heterocycles. The standard InChI is InChI=1S/C11H8ClN5O3/c1-2-19-11(18)5-3-7(20-17-5)10-14-6-4-13-16-8(6)9(12)15-10/h3-4H,2H2,1H3,(H,13,16). The summed E-state index contributed by atoms with van der Waals surface area (Å²) in [5.41, 5.74) is 1.11. The first-order valence-electron chi connectivity index (χ1n) is 5.70. The third kappa shape index (κ3) is 2.10. The minimum Gasteiger partial charge on any atom is -0.461 e. The molecule has 0 radical (unpaired) electrons. The predicted molar refractivity (Wildman–Crippen MR) is 68.1 cm³/mol. The van der Waals surface area contributed by atoms with E-state index in [9.17, 15) is 4.79 Å². The van der Waals surface area contributed by atoms with Gasteiger partial charge in [-0.3, -0.25) is 5.10 Å². The Bertz CT molecular complexity index is 781. The van der Waals surface area contributed by atoms with Gasteiger partial charge < -0.3 is 9.26 Å². The molecule has 0 fully saturated rings. The summed E-state index contributed by atoms with van der Waals surface area (Å²) in [7, 11) is 0. The SMILES string of the molecule is CCOC(=O)c1cc(-c2nc(Cl)c3[nH]ncc3n2)on1. The second-order valence-corrected chi connectivity index (χ2v) is 4.12. The second kappa shape index (κ2) is 4.89. The topological polar surface area (TPSA) is 107 Å². The van der Waals surface area contributed by atoms with Gasteiger partial charge in [-0.15, -0.1) is 0 Å². The number of aromatic nitrogens is 5. The van der Waals surface area contributed by atoms with Gasteiger partial charge >= 0.3 is 5.97 Å². The van der Waals surface area contributed by atoms with Crippen LogP contribution in [0.4, 0.5) is 0 Å². The Labute approximate surface area is 117 Å². The second-order valence-electron chi connectivity index (χ2n) is 3.77. The summed E-state index contributed by atoms with van der Waals surface area (Å²) >= 11 is 6.00. The molecule has 3 aromatic rings. The summed E-state index contributed by atoms with van der Waals surface area (Å²) in [4.78, 5) is 19.8. The van der Waals surface area contributed by atoms with Crippen LogP contribution in [0, 0.1) is 0 Å². The van der Waals surface area contributed by atoms with Crippen LogP contribution in [0.2, 0.25) is 5.15 Å². The highest BCUT2D eigenvalue weighted by molar-refractivity contribution is 6.33. The maximum atomic E-state index is 11.5. The zero-order valence-corrected chi connectivity index (χ0v) is 11.0. The van der Waals surface area contributed by atoms with Gasteiger partial charge in [-0.1, -0.05) is 16.8 Å². The molecule has 3 rings (SSSR count). The van der Waals surface area contributed by atoms with Crippen LogP contribution in [0.5, 0.6) is 0 Å². The Morgan fingerprint density at radius 2 is 2.35 bits per heavy atom. The van der Waals surface area contributed by atoms with Crippen molar-refractivity contribution < 1.29 is 14.1 Å². The smallest absolute Gasteiger partial charge is 0.360 e. The first-order valence-corrected chi connectivity index (χ1v) is 6.07. The lowest BCUT2D eigenvalue weighted by molar-refractivity contribution is 0.0514. The summed E-state index contributed by atoms with van der Waals surface area (Å²) in [6.07, 6.45) is 1.51. The monoisotopic (exact) mass is 293 g/mol. The van der Waals surface area contributed by atoms with E-state index in [0.717, 1.165) is 0 Å². The molecule has 8 nitrogen and oxygen atoms in total. The van der Waals surface area contributed by atoms with Crippen LogP contribution in [-0.4, -0.2) is 37.9 Å². The van der Waals surface area contributed by atoms with E-state index >= 15 is 0 Å². The Morgan fingerprint density at radius 3 is 3.15 bits per heavy atom. The number of halogens is 1. The van der Waals surface area contributed by atoms with E-state index in [-0.39, 0.29) is 29.0 Å². The maximum Gasteiger partial charge on any atom is 0.360 e. The molecule has 0 amide bonds. The van der Waals surface area contributed by atoms with Gasteiger partial charge in [0.1, 0.15) is 11.0 Å². The Morgan fingerprint density at radius 1 is 1.50 bits per heavy atom. The van der Waals surface area contributed by atoms with Gasteiger partial charge in [-0.25, -0.2) is 14.8 Å². The summed E-state index contributed by atoms with van der Waals surface area (Å²) in [6, 6.07) is 1.40. The van der Waals surface area contributed by atoms with Gasteiger partial charge in [0.05, 0.1) is 12.8 Å². The molecular weight excluding hydrogens is 286 g/mol. The number of H-pyrrole nitrogens is 1. The first kappa shape index (κ1) is 12.5. The maximum absolute atomic E-state index is 11.5. The largest absolute Gasteiger partial charge is 0.461 e. The van der Waals surface area contributed by atoms with Crippen molar-refractivity contribution in [1.82, 2.24) is 25.3 Å². The quantitative estimate of drug-likeness (QED) is 0.580. The molecule has 1 N–H and O–H groups in total. The minimum absolute atomic E-state index is 0.0499. The Kier molecular flexibility index (Phi) is 3.07. The van der Waals surface area contributed by atoms with Crippen LogP contribution in [0.15, 0.2) is 16.8 Å². The molecule has 0 spiro atoms. The average Bonchev–Trinajstić information content (AvgIpc) is 3.08. The molecule has 9 heteroatoms. The number of nitrogens with zero attached hydrogens (tertiary/aromatic N) is 4. The number of ether oxygens (including phenoxy) is 1. The van der Waals surface area contributed by atoms with E-state index in [1.54, 1.807) is 6.92 Å². The van der Waals surface area contributed by atoms with Gasteiger partial charge in [0.2, 0.25) is 11.6 Å². The van der Waals surface area contributed by atoms with Crippen molar-refractivity contribution >= 4 is 28.6 Å². The van der Waals surface area contributed by atoms with Crippen LogP contribution in [0.3, 0.4) is 0 Å². The molecule has 0 aliphatic carbocycles. The van der Waals surface area contributed by atoms with Crippen molar-refractivity contribution in [3.63, 3.8) is 0 Å². The van der Waals surface area contributed by atoms with Gasteiger partial charge in [0.15, 0.2) is 10.8 Å². The Balaban J connectivity index is 2.00. The molecule has 0 aliphatic heterocycles. The highest BCUT2D eigenvalue weighted by atomic mass is 35.5. The molecule has 3 heterocycles. The molecule has 3 aromatic heterocycles. The molecular formula is C11H8ClN5O3. The highest BCUT2D eigenvalue weighted by Gasteiger charge is 2.18. The highest BCUT2D eigenvalue weighted by Crippen LogP contribution is 2.23. The van der Waals surface area contributed by atoms with Crippen LogP contribution >= 0.6 is 11.6 Å². The van der Waals surface area contributed by atoms with E-state index < -0.39 is 5.97 Å². The number of carbonyl (C=O) groups is 1. The van der Waals surface area contributed by atoms with Crippen LogP contribution in [-0.2, 0) is 4.74 Å². The average molecular weight is 294 g/mol. The van der Waals surface area contributed by atoms with Gasteiger partial charge in [-0.05, 0) is 6.92 Å². The number of nitrogens with one attached hydrogen (secondary N) is 1. The van der Waals surface area contributed by atoms with Crippen molar-refractivity contribution in [2.45, 2.75) is 6.92 Å². The molecule has 0 bridgehead atoms.